The van der Waals surface area contributed by atoms with Crippen molar-refractivity contribution < 1.29 is 13.1 Å². The number of imidazole rings is 1. The molecule has 8 nitrogen and oxygen atoms in total. The summed E-state index contributed by atoms with van der Waals surface area (Å²) in [6, 6.07) is 10.2. The highest BCUT2D eigenvalue weighted by atomic mass is 32.2. The SMILES string of the molecule is [2H]C([2H])([2H])N1C(=O)c2cccc(C#CC)c2[C@H]2C[C@@H]1c1nc3ccc(-c4cnc(C5(NS(=O)C(C)(C)C)CCCC5)nc4)cc3n12. The average Bonchev–Trinajstić information content (AvgIpc) is 3.69. The Balaban J connectivity index is 1.32. The summed E-state index contributed by atoms with van der Waals surface area (Å²) in [4.78, 5) is 29.3. The molecule has 7 rings (SSSR count). The van der Waals surface area contributed by atoms with E-state index in [2.05, 4.69) is 21.1 Å². The summed E-state index contributed by atoms with van der Waals surface area (Å²) in [6.45, 7) is 4.96. The van der Waals surface area contributed by atoms with E-state index in [4.69, 9.17) is 19.1 Å². The number of benzene rings is 2. The summed E-state index contributed by atoms with van der Waals surface area (Å²) in [5.74, 6) is 6.77. The number of carbonyl (C=O) groups excluding carboxylic acids is 1. The van der Waals surface area contributed by atoms with E-state index in [-0.39, 0.29) is 6.04 Å². The van der Waals surface area contributed by atoms with E-state index in [9.17, 15) is 9.00 Å². The van der Waals surface area contributed by atoms with E-state index < -0.39 is 40.2 Å². The smallest absolute Gasteiger partial charge is 0.254 e. The summed E-state index contributed by atoms with van der Waals surface area (Å²) in [6.07, 6.45) is 7.71. The zero-order chi connectivity index (χ0) is 32.6. The van der Waals surface area contributed by atoms with E-state index in [1.165, 1.54) is 0 Å². The molecule has 2 bridgehead atoms. The second-order valence-corrected chi connectivity index (χ2v) is 14.7. The van der Waals surface area contributed by atoms with Gasteiger partial charge in [0.2, 0.25) is 0 Å². The van der Waals surface area contributed by atoms with Gasteiger partial charge in [-0.15, -0.1) is 5.92 Å². The first-order chi connectivity index (χ1) is 21.8. The van der Waals surface area contributed by atoms with Crippen LogP contribution in [0.15, 0.2) is 48.8 Å². The third-order valence-corrected chi connectivity index (χ3v) is 10.6. The minimum Gasteiger partial charge on any atom is -0.331 e. The van der Waals surface area contributed by atoms with Crippen LogP contribution in [0.1, 0.15) is 109 Å². The van der Waals surface area contributed by atoms with Crippen LogP contribution in [-0.2, 0) is 16.5 Å². The monoisotopic (exact) mass is 595 g/mol. The molecule has 0 radical (unpaired) electrons. The van der Waals surface area contributed by atoms with Gasteiger partial charge in [-0.1, -0.05) is 30.9 Å². The third kappa shape index (κ3) is 4.42. The molecule has 1 aliphatic carbocycles. The number of amides is 1. The average molecular weight is 596 g/mol. The number of nitrogens with zero attached hydrogens (tertiary/aromatic N) is 5. The summed E-state index contributed by atoms with van der Waals surface area (Å²) < 4.78 is 43.0. The van der Waals surface area contributed by atoms with E-state index in [1.54, 1.807) is 19.1 Å². The van der Waals surface area contributed by atoms with Gasteiger partial charge >= 0.3 is 0 Å². The van der Waals surface area contributed by atoms with Gasteiger partial charge in [-0.05, 0) is 70.4 Å². The highest BCUT2D eigenvalue weighted by Gasteiger charge is 2.44. The molecule has 3 atom stereocenters. The van der Waals surface area contributed by atoms with E-state index in [0.717, 1.165) is 52.8 Å². The molecule has 1 N–H and O–H groups in total. The molecule has 0 spiro atoms. The van der Waals surface area contributed by atoms with Crippen LogP contribution in [0.2, 0.25) is 0 Å². The second kappa shape index (κ2) is 10.1. The Morgan fingerprint density at radius 3 is 2.56 bits per heavy atom. The van der Waals surface area contributed by atoms with Gasteiger partial charge in [0, 0.05) is 52.2 Å². The van der Waals surface area contributed by atoms with Gasteiger partial charge in [0.15, 0.2) is 0 Å². The molecule has 4 aromatic rings. The third-order valence-electron chi connectivity index (χ3n) is 8.95. The molecule has 1 saturated carbocycles. The van der Waals surface area contributed by atoms with E-state index >= 15 is 0 Å². The van der Waals surface area contributed by atoms with Gasteiger partial charge in [0.1, 0.15) is 11.6 Å². The molecule has 43 heavy (non-hydrogen) atoms. The molecule has 4 heterocycles. The Labute approximate surface area is 259 Å². The Morgan fingerprint density at radius 1 is 1.09 bits per heavy atom. The lowest BCUT2D eigenvalue weighted by Crippen LogP contribution is -2.47. The van der Waals surface area contributed by atoms with E-state index in [1.807, 2.05) is 57.4 Å². The lowest BCUT2D eigenvalue weighted by molar-refractivity contribution is 0.0734. The number of aromatic nitrogens is 4. The van der Waals surface area contributed by atoms with Gasteiger partial charge in [0.25, 0.3) is 5.91 Å². The number of hydrogen-bond acceptors (Lipinski definition) is 5. The largest absolute Gasteiger partial charge is 0.331 e. The van der Waals surface area contributed by atoms with Crippen LogP contribution in [0.25, 0.3) is 22.2 Å². The maximum atomic E-state index is 13.8. The van der Waals surface area contributed by atoms with Crippen molar-refractivity contribution >= 4 is 27.9 Å². The summed E-state index contributed by atoms with van der Waals surface area (Å²) >= 11 is 0. The second-order valence-electron chi connectivity index (χ2n) is 12.7. The van der Waals surface area contributed by atoms with Gasteiger partial charge in [0.05, 0.1) is 44.4 Å². The Kier molecular flexibility index (Phi) is 5.77. The first kappa shape index (κ1) is 24.6. The fourth-order valence-electron chi connectivity index (χ4n) is 6.77. The van der Waals surface area contributed by atoms with Crippen molar-refractivity contribution in [2.24, 2.45) is 0 Å². The van der Waals surface area contributed by atoms with Gasteiger partial charge in [-0.25, -0.2) is 23.9 Å². The van der Waals surface area contributed by atoms with E-state index in [0.29, 0.717) is 34.7 Å². The van der Waals surface area contributed by atoms with Crippen molar-refractivity contribution in [3.05, 3.63) is 77.1 Å². The van der Waals surface area contributed by atoms with Crippen LogP contribution in [-0.4, -0.2) is 46.3 Å². The number of fused-ring (bicyclic) bond motifs is 9. The zero-order valence-corrected chi connectivity index (χ0v) is 25.6. The number of rotatable bonds is 4. The molecule has 1 amide bonds. The van der Waals surface area contributed by atoms with Crippen molar-refractivity contribution in [1.82, 2.24) is 29.1 Å². The van der Waals surface area contributed by atoms with Crippen molar-refractivity contribution in [2.75, 3.05) is 6.98 Å². The normalized spacial score (nSPS) is 22.6. The fraction of sp³-hybridized carbons (Fsp3) is 0.412. The molecule has 2 aromatic heterocycles. The maximum Gasteiger partial charge on any atom is 0.254 e. The summed E-state index contributed by atoms with van der Waals surface area (Å²) in [5.41, 5.74) is 4.53. The molecular weight excluding hydrogens is 556 g/mol. The predicted molar refractivity (Wildman–Crippen MR) is 169 cm³/mol. The van der Waals surface area contributed by atoms with Crippen molar-refractivity contribution in [3.8, 4) is 23.0 Å². The number of nitrogens with one attached hydrogen (secondary N) is 1. The minimum absolute atomic E-state index is 0.320. The molecule has 2 aromatic carbocycles. The molecule has 220 valence electrons. The topological polar surface area (TPSA) is 93.0 Å². The molecule has 1 unspecified atom stereocenters. The molecule has 2 aliphatic heterocycles. The van der Waals surface area contributed by atoms with Crippen molar-refractivity contribution in [1.29, 1.82) is 0 Å². The van der Waals surface area contributed by atoms with Crippen LogP contribution >= 0.6 is 0 Å². The number of hydrogen-bond donors (Lipinski definition) is 1. The lowest BCUT2D eigenvalue weighted by atomic mass is 9.93. The molecule has 0 saturated heterocycles. The maximum absolute atomic E-state index is 13.8. The first-order valence-electron chi connectivity index (χ1n) is 16.3. The highest BCUT2D eigenvalue weighted by molar-refractivity contribution is 7.84. The molecule has 3 aliphatic rings. The lowest BCUT2D eigenvalue weighted by Gasteiger charge is -2.31. The summed E-state index contributed by atoms with van der Waals surface area (Å²) in [5, 5.41) is 0. The quantitative estimate of drug-likeness (QED) is 0.301. The number of carbonyl (C=O) groups is 1. The Bertz CT molecular complexity index is 1960. The Morgan fingerprint density at radius 2 is 1.86 bits per heavy atom. The van der Waals surface area contributed by atoms with Crippen molar-refractivity contribution in [3.63, 3.8) is 0 Å². The Hall–Kier alpha value is -3.87. The van der Waals surface area contributed by atoms with Crippen LogP contribution < -0.4 is 4.72 Å². The molecule has 9 heteroatoms. The van der Waals surface area contributed by atoms with Gasteiger partial charge in [-0.2, -0.15) is 0 Å². The van der Waals surface area contributed by atoms with Gasteiger partial charge < -0.3 is 9.47 Å². The zero-order valence-electron chi connectivity index (χ0n) is 27.8. The highest BCUT2D eigenvalue weighted by Crippen LogP contribution is 2.48. The van der Waals surface area contributed by atoms with Crippen LogP contribution in [0, 0.1) is 11.8 Å². The molecule has 1 fully saturated rings. The molecular formula is C34H36N6O2S. The standard InChI is InChI=1S/C34H36N6O2S/c1-6-10-21-11-9-12-24-29(21)27-18-28(39(5)31(24)41)30-37-25-14-13-22(17-26(25)40(27)30)23-19-35-32(36-20-23)34(15-7-8-16-34)38-43(42)33(2,3)4/h9,11-14,17,19-20,27-28,38H,7-8,15-16,18H2,1-5H3/t27-,28-,43?/m1/s1/i5D3. The van der Waals surface area contributed by atoms with Crippen molar-refractivity contribution in [2.45, 2.75) is 82.2 Å². The predicted octanol–water partition coefficient (Wildman–Crippen LogP) is 5.81. The van der Waals surface area contributed by atoms with Crippen LogP contribution in [0.3, 0.4) is 0 Å². The van der Waals surface area contributed by atoms with Crippen LogP contribution in [0.5, 0.6) is 0 Å². The fourth-order valence-corrected chi connectivity index (χ4v) is 7.73. The summed E-state index contributed by atoms with van der Waals surface area (Å²) in [7, 11) is -1.26. The first-order valence-corrected chi connectivity index (χ1v) is 15.9. The van der Waals surface area contributed by atoms with Gasteiger partial charge in [-0.3, -0.25) is 4.79 Å². The minimum atomic E-state index is -2.65. The van der Waals surface area contributed by atoms with Crippen LogP contribution in [0.4, 0.5) is 0 Å².